The fourth-order valence-electron chi connectivity index (χ4n) is 11.9. The van der Waals surface area contributed by atoms with E-state index in [0.717, 1.165) is 10.8 Å². The van der Waals surface area contributed by atoms with Crippen LogP contribution in [0, 0.1) is 0 Å². The summed E-state index contributed by atoms with van der Waals surface area (Å²) in [5.74, 6) is -10.1. The molecule has 1 aliphatic rings. The quantitative estimate of drug-likeness (QED) is 0.0131. The number of halogens is 1. The zero-order chi connectivity index (χ0) is 77.0. The molecule has 11 amide bonds. The maximum absolute atomic E-state index is 15.0. The van der Waals surface area contributed by atoms with Crippen molar-refractivity contribution in [1.82, 2.24) is 52.8 Å². The van der Waals surface area contributed by atoms with Gasteiger partial charge >= 0.3 is 0 Å². The third-order valence-corrected chi connectivity index (χ3v) is 17.7. The predicted octanol–water partition coefficient (Wildman–Crippen LogP) is -0.604. The number of phenolic OH excluding ortho intramolecular Hbond substituents is 2. The van der Waals surface area contributed by atoms with E-state index in [-0.39, 0.29) is 107 Å². The molecule has 22 N–H and O–H groups in total. The molecule has 0 saturated carbocycles. The second-order valence-corrected chi connectivity index (χ2v) is 26.2. The Kier molecular flexibility index (Phi) is 30.9. The van der Waals surface area contributed by atoms with Crippen molar-refractivity contribution in [1.29, 1.82) is 0 Å². The van der Waals surface area contributed by atoms with E-state index in [9.17, 15) is 63.3 Å². The number of benzene rings is 6. The Morgan fingerprint density at radius 1 is 0.462 bits per heavy atom. The number of aliphatic imine (C=N–C) groups is 2. The maximum atomic E-state index is 15.0. The Morgan fingerprint density at radius 2 is 0.840 bits per heavy atom. The maximum Gasteiger partial charge on any atom is 0.245 e. The average molecular weight is 1480 g/mol. The first kappa shape index (κ1) is 81.4. The van der Waals surface area contributed by atoms with Gasteiger partial charge in [-0.05, 0) is 120 Å². The normalized spacial score (nSPS) is 15.0. The summed E-state index contributed by atoms with van der Waals surface area (Å²) in [7, 11) is 0. The predicted molar refractivity (Wildman–Crippen MR) is 396 cm³/mol. The molecule has 0 aliphatic carbocycles. The summed E-state index contributed by atoms with van der Waals surface area (Å²) in [6.07, 6.45) is -0.445. The summed E-state index contributed by atoms with van der Waals surface area (Å²) < 4.78 is 0. The number of aliphatic hydroxyl groups is 1. The highest BCUT2D eigenvalue weighted by Gasteiger charge is 2.40. The van der Waals surface area contributed by atoms with Crippen LogP contribution in [0.15, 0.2) is 156 Å². The van der Waals surface area contributed by atoms with Crippen molar-refractivity contribution in [2.24, 2.45) is 38.7 Å². The van der Waals surface area contributed by atoms with Crippen molar-refractivity contribution in [3.05, 3.63) is 178 Å². The van der Waals surface area contributed by atoms with Crippen LogP contribution in [-0.4, -0.2) is 184 Å². The Hall–Kier alpha value is -11.9. The van der Waals surface area contributed by atoms with E-state index in [0.29, 0.717) is 39.3 Å². The number of rotatable bonds is 38. The molecule has 6 aromatic rings. The SMILES string of the molecule is CC(=O)N[C@H](Cc1ccc2ccccc2c1)C(=O)N[C@H](Cc1ccc(Cl)cc1)C(=O)N[C@H](Cc1ccc(O)cc1)C(=O)N[C@@H](CO)C(=O)N[C@@H](Cc1ccc(O)cc1)C(=O)N[C@H](CCCN=C(N)N)C(=O)N[C@@H](Cc1ccccc1)C(=O)N[C@@H](CCCN=C(N)N)C(=O)N1CCC[C@H]1C(=O)N[C@H](C)C(N)=O. The molecule has 1 heterocycles. The van der Waals surface area contributed by atoms with E-state index >= 15 is 4.79 Å². The molecule has 6 aromatic carbocycles. The summed E-state index contributed by atoms with van der Waals surface area (Å²) >= 11 is 6.24. The number of likely N-dealkylation sites (tertiary alicyclic amines) is 1. The molecular weight excluding hydrogens is 1390 g/mol. The third kappa shape index (κ3) is 25.8. The fourth-order valence-corrected chi connectivity index (χ4v) is 12.0. The Bertz CT molecular complexity index is 4110. The first-order chi connectivity index (χ1) is 50.6. The molecule has 564 valence electrons. The highest BCUT2D eigenvalue weighted by Crippen LogP contribution is 2.23. The largest absolute Gasteiger partial charge is 0.508 e. The van der Waals surface area contributed by atoms with Crippen LogP contribution in [0.5, 0.6) is 11.5 Å². The van der Waals surface area contributed by atoms with Crippen LogP contribution in [0.4, 0.5) is 0 Å². The molecule has 1 fully saturated rings. The first-order valence-corrected chi connectivity index (χ1v) is 34.8. The number of nitrogens with one attached hydrogen (secondary N) is 9. The van der Waals surface area contributed by atoms with Crippen molar-refractivity contribution in [3.63, 3.8) is 0 Å². The van der Waals surface area contributed by atoms with Crippen LogP contribution in [0.1, 0.15) is 80.2 Å². The number of nitrogens with zero attached hydrogens (tertiary/aromatic N) is 3. The molecule has 0 unspecified atom stereocenters. The van der Waals surface area contributed by atoms with Gasteiger partial charge in [0.15, 0.2) is 11.9 Å². The summed E-state index contributed by atoms with van der Waals surface area (Å²) in [5.41, 5.74) is 30.4. The van der Waals surface area contributed by atoms with Gasteiger partial charge in [-0.3, -0.25) is 62.7 Å². The number of carbonyl (C=O) groups excluding carboxylic acids is 11. The number of hydrogen-bond donors (Lipinski definition) is 17. The number of aromatic hydroxyl groups is 2. The topological polar surface area (TPSA) is 515 Å². The first-order valence-electron chi connectivity index (χ1n) is 34.5. The second-order valence-electron chi connectivity index (χ2n) is 25.7. The molecule has 1 aliphatic heterocycles. The molecule has 0 spiro atoms. The van der Waals surface area contributed by atoms with Gasteiger partial charge in [0.1, 0.15) is 71.9 Å². The number of amides is 11. The van der Waals surface area contributed by atoms with E-state index in [1.165, 1.54) is 67.3 Å². The lowest BCUT2D eigenvalue weighted by Crippen LogP contribution is -2.61. The number of aliphatic hydroxyl groups excluding tert-OH is 1. The van der Waals surface area contributed by atoms with Crippen molar-refractivity contribution < 1.29 is 68.1 Å². The lowest BCUT2D eigenvalue weighted by molar-refractivity contribution is -0.142. The van der Waals surface area contributed by atoms with Crippen LogP contribution >= 0.6 is 11.6 Å². The van der Waals surface area contributed by atoms with Gasteiger partial charge < -0.3 is 96.7 Å². The number of phenols is 2. The van der Waals surface area contributed by atoms with E-state index in [4.69, 9.17) is 40.3 Å². The van der Waals surface area contributed by atoms with Crippen LogP contribution < -0.4 is 76.5 Å². The van der Waals surface area contributed by atoms with Crippen molar-refractivity contribution in [3.8, 4) is 11.5 Å². The summed E-state index contributed by atoms with van der Waals surface area (Å²) in [4.78, 5) is 166. The minimum atomic E-state index is -1.88. The van der Waals surface area contributed by atoms with E-state index in [2.05, 4.69) is 57.8 Å². The van der Waals surface area contributed by atoms with Crippen LogP contribution in [0.25, 0.3) is 10.8 Å². The molecule has 1 saturated heterocycles. The van der Waals surface area contributed by atoms with Gasteiger partial charge in [-0.1, -0.05) is 121 Å². The number of primary amides is 1. The van der Waals surface area contributed by atoms with Gasteiger partial charge in [-0.25, -0.2) is 0 Å². The molecule has 106 heavy (non-hydrogen) atoms. The Balaban J connectivity index is 1.15. The lowest BCUT2D eigenvalue weighted by atomic mass is 9.99. The van der Waals surface area contributed by atoms with Crippen LogP contribution in [-0.2, 0) is 84.8 Å². The Labute approximate surface area is 617 Å². The van der Waals surface area contributed by atoms with Crippen molar-refractivity contribution >= 4 is 99.3 Å². The lowest BCUT2D eigenvalue weighted by Gasteiger charge is -2.30. The number of fused-ring (bicyclic) bond motifs is 1. The van der Waals surface area contributed by atoms with Gasteiger partial charge in [0.2, 0.25) is 65.0 Å². The molecule has 7 rings (SSSR count). The van der Waals surface area contributed by atoms with Gasteiger partial charge in [0, 0.05) is 63.7 Å². The van der Waals surface area contributed by atoms with Gasteiger partial charge in [0.25, 0.3) is 0 Å². The summed E-state index contributed by atoms with van der Waals surface area (Å²) in [6, 6.07) is 24.9. The molecular formula is C74H92ClN17O14. The number of hydrogen-bond acceptors (Lipinski definition) is 16. The molecule has 0 aromatic heterocycles. The third-order valence-electron chi connectivity index (χ3n) is 17.4. The standard InChI is InChI=1S/C74H92ClN17O14/c1-42(63(76)97)83-71(105)62-17-10-34-92(62)72(106)55(16-9-33-82-74(79)80)86-67(101)57(36-44-11-4-3-5-12-44)87-64(98)54(15-8-32-81-73(77)78)85-66(100)58(38-46-21-28-52(95)29-22-46)90-70(104)61(41-93)91-69(103)60(39-47-23-30-53(96)31-24-47)89-68(102)59(37-45-19-26-51(75)27-20-45)88-65(99)56(84-43(2)94)40-48-18-25-49-13-6-7-14-50(49)35-48/h3-7,11-14,18-31,35,42,54-62,93,95-96H,8-10,15-17,32-34,36-41H2,1-2H3,(H2,76,97)(H,83,105)(H,84,94)(H,85,100)(H,86,101)(H,87,98)(H,88,99)(H,89,102)(H,90,104)(H,91,103)(H4,77,78,81)(H4,79,80,82)/t42-,54-,55+,56-,57+,58+,59-,60-,61+,62+/m1/s1. The molecule has 32 heteroatoms. The fraction of sp³-hybridized carbons (Fsp3) is 0.365. The molecule has 0 bridgehead atoms. The second kappa shape index (κ2) is 40.3. The monoisotopic (exact) mass is 1480 g/mol. The summed E-state index contributed by atoms with van der Waals surface area (Å²) in [6.45, 7) is 1.62. The average Bonchev–Trinajstić information content (AvgIpc) is 1.64. The smallest absolute Gasteiger partial charge is 0.245 e. The highest BCUT2D eigenvalue weighted by molar-refractivity contribution is 6.30. The number of nitrogens with two attached hydrogens (primary N) is 5. The Morgan fingerprint density at radius 3 is 1.30 bits per heavy atom. The van der Waals surface area contributed by atoms with E-state index in [1.54, 1.807) is 54.6 Å². The van der Waals surface area contributed by atoms with E-state index < -0.39 is 132 Å². The summed E-state index contributed by atoms with van der Waals surface area (Å²) in [5, 5.41) is 57.5. The number of guanidine groups is 2. The van der Waals surface area contributed by atoms with Gasteiger partial charge in [-0.15, -0.1) is 0 Å². The minimum Gasteiger partial charge on any atom is -0.508 e. The zero-order valence-electron chi connectivity index (χ0n) is 58.7. The van der Waals surface area contributed by atoms with E-state index in [1.807, 2.05) is 42.5 Å². The van der Waals surface area contributed by atoms with Crippen molar-refractivity contribution in [2.45, 2.75) is 145 Å². The molecule has 31 nitrogen and oxygen atoms in total. The molecule has 10 atom stereocenters. The zero-order valence-corrected chi connectivity index (χ0v) is 59.4. The van der Waals surface area contributed by atoms with Gasteiger partial charge in [0.05, 0.1) is 6.61 Å². The molecule has 0 radical (unpaired) electrons. The minimum absolute atomic E-state index is 0.0125. The van der Waals surface area contributed by atoms with Gasteiger partial charge in [-0.2, -0.15) is 0 Å². The highest BCUT2D eigenvalue weighted by atomic mass is 35.5. The van der Waals surface area contributed by atoms with Crippen LogP contribution in [0.2, 0.25) is 5.02 Å². The van der Waals surface area contributed by atoms with Crippen LogP contribution in [0.3, 0.4) is 0 Å². The number of carbonyl (C=O) groups is 11. The van der Waals surface area contributed by atoms with Crippen molar-refractivity contribution in [2.75, 3.05) is 26.2 Å².